The SMILES string of the molecule is COc1cc(/C=C/CO)cc(CO)c1C. The molecule has 0 saturated heterocycles. The first-order valence-corrected chi connectivity index (χ1v) is 4.78. The van der Waals surface area contributed by atoms with Crippen LogP contribution in [0.4, 0.5) is 0 Å². The molecule has 0 atom stereocenters. The van der Waals surface area contributed by atoms with Gasteiger partial charge >= 0.3 is 0 Å². The van der Waals surface area contributed by atoms with Crippen LogP contribution in [-0.2, 0) is 6.61 Å². The fraction of sp³-hybridized carbons (Fsp3) is 0.333. The van der Waals surface area contributed by atoms with E-state index in [0.29, 0.717) is 0 Å². The molecular formula is C12H16O3. The van der Waals surface area contributed by atoms with Crippen molar-refractivity contribution in [2.24, 2.45) is 0 Å². The van der Waals surface area contributed by atoms with Crippen molar-refractivity contribution in [2.75, 3.05) is 13.7 Å². The van der Waals surface area contributed by atoms with Gasteiger partial charge in [-0.25, -0.2) is 0 Å². The number of benzene rings is 1. The molecule has 0 saturated carbocycles. The van der Waals surface area contributed by atoms with Crippen molar-refractivity contribution in [3.63, 3.8) is 0 Å². The van der Waals surface area contributed by atoms with E-state index in [1.165, 1.54) is 0 Å². The van der Waals surface area contributed by atoms with E-state index in [1.54, 1.807) is 19.3 Å². The second kappa shape index (κ2) is 5.53. The molecule has 0 aromatic heterocycles. The molecule has 0 amide bonds. The Bertz CT molecular complexity index is 331. The molecule has 0 aliphatic heterocycles. The Balaban J connectivity index is 3.14. The van der Waals surface area contributed by atoms with Gasteiger partial charge in [-0.1, -0.05) is 12.2 Å². The molecule has 0 heterocycles. The molecule has 0 fully saturated rings. The maximum absolute atomic E-state index is 9.16. The van der Waals surface area contributed by atoms with Crippen LogP contribution in [0, 0.1) is 6.92 Å². The number of aliphatic hydroxyl groups excluding tert-OH is 2. The van der Waals surface area contributed by atoms with E-state index >= 15 is 0 Å². The predicted octanol–water partition coefficient (Wildman–Crippen LogP) is 1.50. The number of hydrogen-bond acceptors (Lipinski definition) is 3. The lowest BCUT2D eigenvalue weighted by atomic mass is 10.0. The fourth-order valence-corrected chi connectivity index (χ4v) is 1.43. The van der Waals surface area contributed by atoms with Crippen molar-refractivity contribution in [3.8, 4) is 5.75 Å². The molecule has 15 heavy (non-hydrogen) atoms. The minimum atomic E-state index is -0.0109. The van der Waals surface area contributed by atoms with E-state index in [2.05, 4.69) is 0 Å². The third kappa shape index (κ3) is 2.81. The molecule has 3 heteroatoms. The van der Waals surface area contributed by atoms with Crippen molar-refractivity contribution in [3.05, 3.63) is 34.9 Å². The van der Waals surface area contributed by atoms with Crippen LogP contribution >= 0.6 is 0 Å². The van der Waals surface area contributed by atoms with Gasteiger partial charge in [0.25, 0.3) is 0 Å². The summed E-state index contributed by atoms with van der Waals surface area (Å²) < 4.78 is 5.20. The van der Waals surface area contributed by atoms with E-state index in [-0.39, 0.29) is 13.2 Å². The lowest BCUT2D eigenvalue weighted by Crippen LogP contribution is -1.95. The average Bonchev–Trinajstić information content (AvgIpc) is 2.27. The van der Waals surface area contributed by atoms with Crippen LogP contribution in [0.2, 0.25) is 0 Å². The van der Waals surface area contributed by atoms with E-state index in [0.717, 1.165) is 22.4 Å². The van der Waals surface area contributed by atoms with Gasteiger partial charge in [0.2, 0.25) is 0 Å². The van der Waals surface area contributed by atoms with E-state index in [9.17, 15) is 0 Å². The van der Waals surface area contributed by atoms with Crippen molar-refractivity contribution < 1.29 is 14.9 Å². The topological polar surface area (TPSA) is 49.7 Å². The molecule has 0 bridgehead atoms. The maximum atomic E-state index is 9.16. The van der Waals surface area contributed by atoms with E-state index in [4.69, 9.17) is 14.9 Å². The number of rotatable bonds is 4. The molecule has 0 spiro atoms. The van der Waals surface area contributed by atoms with Gasteiger partial charge in [-0.3, -0.25) is 0 Å². The van der Waals surface area contributed by atoms with Gasteiger partial charge in [0.15, 0.2) is 0 Å². The van der Waals surface area contributed by atoms with Crippen LogP contribution in [0.1, 0.15) is 16.7 Å². The summed E-state index contributed by atoms with van der Waals surface area (Å²) in [5, 5.41) is 17.8. The van der Waals surface area contributed by atoms with Crippen molar-refractivity contribution >= 4 is 6.08 Å². The lowest BCUT2D eigenvalue weighted by molar-refractivity contribution is 0.280. The summed E-state index contributed by atoms with van der Waals surface area (Å²) in [5.41, 5.74) is 2.70. The predicted molar refractivity (Wildman–Crippen MR) is 59.8 cm³/mol. The molecule has 1 aromatic carbocycles. The first-order valence-electron chi connectivity index (χ1n) is 4.78. The van der Waals surface area contributed by atoms with Crippen molar-refractivity contribution in [1.82, 2.24) is 0 Å². The Hall–Kier alpha value is -1.32. The second-order valence-electron chi connectivity index (χ2n) is 3.25. The summed E-state index contributed by atoms with van der Waals surface area (Å²) in [6.45, 7) is 1.90. The highest BCUT2D eigenvalue weighted by Crippen LogP contribution is 2.24. The minimum Gasteiger partial charge on any atom is -0.496 e. The highest BCUT2D eigenvalue weighted by Gasteiger charge is 2.05. The first kappa shape index (κ1) is 11.8. The van der Waals surface area contributed by atoms with Crippen LogP contribution in [0.3, 0.4) is 0 Å². The Morgan fingerprint density at radius 2 is 2.07 bits per heavy atom. The molecular weight excluding hydrogens is 192 g/mol. The van der Waals surface area contributed by atoms with Crippen molar-refractivity contribution in [1.29, 1.82) is 0 Å². The molecule has 2 N–H and O–H groups in total. The van der Waals surface area contributed by atoms with Gasteiger partial charge in [-0.15, -0.1) is 0 Å². The Morgan fingerprint density at radius 1 is 1.33 bits per heavy atom. The van der Waals surface area contributed by atoms with Crippen LogP contribution in [0.15, 0.2) is 18.2 Å². The average molecular weight is 208 g/mol. The monoisotopic (exact) mass is 208 g/mol. The first-order chi connectivity index (χ1) is 7.22. The molecule has 1 rings (SSSR count). The Labute approximate surface area is 89.6 Å². The van der Waals surface area contributed by atoms with E-state index in [1.807, 2.05) is 19.1 Å². The Kier molecular flexibility index (Phi) is 4.34. The third-order valence-corrected chi connectivity index (χ3v) is 2.30. The highest BCUT2D eigenvalue weighted by molar-refractivity contribution is 5.56. The summed E-state index contributed by atoms with van der Waals surface area (Å²) in [6.07, 6.45) is 3.44. The van der Waals surface area contributed by atoms with Gasteiger partial charge in [0, 0.05) is 0 Å². The second-order valence-corrected chi connectivity index (χ2v) is 3.25. The summed E-state index contributed by atoms with van der Waals surface area (Å²) in [4.78, 5) is 0. The minimum absolute atomic E-state index is 0.00461. The fourth-order valence-electron chi connectivity index (χ4n) is 1.43. The quantitative estimate of drug-likeness (QED) is 0.788. The normalized spacial score (nSPS) is 10.9. The van der Waals surface area contributed by atoms with Gasteiger partial charge in [-0.2, -0.15) is 0 Å². The summed E-state index contributed by atoms with van der Waals surface area (Å²) in [5.74, 6) is 0.749. The van der Waals surface area contributed by atoms with Crippen LogP contribution in [-0.4, -0.2) is 23.9 Å². The molecule has 0 aliphatic rings. The lowest BCUT2D eigenvalue weighted by Gasteiger charge is -2.10. The molecule has 0 radical (unpaired) electrons. The standard InChI is InChI=1S/C12H16O3/c1-9-11(8-14)6-10(4-3-5-13)7-12(9)15-2/h3-4,6-7,13-14H,5,8H2,1-2H3/b4-3+. The number of methoxy groups -OCH3 is 1. The van der Waals surface area contributed by atoms with Gasteiger partial charge in [-0.05, 0) is 35.7 Å². The van der Waals surface area contributed by atoms with Crippen LogP contribution in [0.5, 0.6) is 5.75 Å². The van der Waals surface area contributed by atoms with Crippen LogP contribution in [0.25, 0.3) is 6.08 Å². The van der Waals surface area contributed by atoms with Gasteiger partial charge in [0.1, 0.15) is 5.75 Å². The molecule has 82 valence electrons. The molecule has 1 aromatic rings. The zero-order chi connectivity index (χ0) is 11.3. The van der Waals surface area contributed by atoms with Crippen LogP contribution < -0.4 is 4.74 Å². The van der Waals surface area contributed by atoms with Crippen molar-refractivity contribution in [2.45, 2.75) is 13.5 Å². The maximum Gasteiger partial charge on any atom is 0.122 e. The molecule has 0 aliphatic carbocycles. The summed E-state index contributed by atoms with van der Waals surface area (Å²) >= 11 is 0. The zero-order valence-electron chi connectivity index (χ0n) is 9.03. The molecule has 0 unspecified atom stereocenters. The number of ether oxygens (including phenoxy) is 1. The number of aliphatic hydroxyl groups is 2. The zero-order valence-corrected chi connectivity index (χ0v) is 9.03. The summed E-state index contributed by atoms with van der Waals surface area (Å²) in [7, 11) is 1.60. The number of hydrogen-bond donors (Lipinski definition) is 2. The van der Waals surface area contributed by atoms with Gasteiger partial charge < -0.3 is 14.9 Å². The third-order valence-electron chi connectivity index (χ3n) is 2.30. The smallest absolute Gasteiger partial charge is 0.122 e. The van der Waals surface area contributed by atoms with Gasteiger partial charge in [0.05, 0.1) is 20.3 Å². The Morgan fingerprint density at radius 3 is 2.60 bits per heavy atom. The van der Waals surface area contributed by atoms with E-state index < -0.39 is 0 Å². The highest BCUT2D eigenvalue weighted by atomic mass is 16.5. The molecule has 3 nitrogen and oxygen atoms in total. The summed E-state index contributed by atoms with van der Waals surface area (Å²) in [6, 6.07) is 3.75. The largest absolute Gasteiger partial charge is 0.496 e.